The lowest BCUT2D eigenvalue weighted by atomic mass is 10.0. The summed E-state index contributed by atoms with van der Waals surface area (Å²) in [5.74, 6) is -0.0222. The fourth-order valence-corrected chi connectivity index (χ4v) is 3.64. The molecule has 1 fully saturated rings. The van der Waals surface area contributed by atoms with Crippen LogP contribution >= 0.6 is 0 Å². The van der Waals surface area contributed by atoms with Gasteiger partial charge in [-0.3, -0.25) is 14.6 Å². The van der Waals surface area contributed by atoms with Crippen LogP contribution in [0.5, 0.6) is 0 Å². The minimum absolute atomic E-state index is 0.0194. The van der Waals surface area contributed by atoms with Crippen LogP contribution in [0, 0.1) is 0 Å². The first-order valence-corrected chi connectivity index (χ1v) is 9.11. The summed E-state index contributed by atoms with van der Waals surface area (Å²) in [6.07, 6.45) is 7.12. The zero-order chi connectivity index (χ0) is 17.9. The van der Waals surface area contributed by atoms with Crippen LogP contribution in [-0.4, -0.2) is 35.9 Å². The highest BCUT2D eigenvalue weighted by molar-refractivity contribution is 6.07. The van der Waals surface area contributed by atoms with E-state index in [-0.39, 0.29) is 17.9 Å². The SMILES string of the molecule is O=C(Nc1ccc2c(c1)CCN2C(=O)c1cccnc1)[C@H]1CCCCN1. The molecule has 134 valence electrons. The number of hydrogen-bond acceptors (Lipinski definition) is 4. The quantitative estimate of drug-likeness (QED) is 0.891. The first-order chi connectivity index (χ1) is 12.7. The highest BCUT2D eigenvalue weighted by Gasteiger charge is 2.26. The van der Waals surface area contributed by atoms with Crippen molar-refractivity contribution in [2.24, 2.45) is 0 Å². The predicted molar refractivity (Wildman–Crippen MR) is 100 cm³/mol. The Kier molecular flexibility index (Phi) is 4.67. The van der Waals surface area contributed by atoms with Crippen molar-refractivity contribution in [1.82, 2.24) is 10.3 Å². The molecular formula is C20H22N4O2. The third kappa shape index (κ3) is 3.32. The summed E-state index contributed by atoms with van der Waals surface area (Å²) in [5.41, 5.74) is 3.36. The van der Waals surface area contributed by atoms with E-state index in [0.717, 1.165) is 49.2 Å². The molecule has 0 unspecified atom stereocenters. The number of hydrogen-bond donors (Lipinski definition) is 2. The van der Waals surface area contributed by atoms with Gasteiger partial charge in [0.2, 0.25) is 5.91 Å². The van der Waals surface area contributed by atoms with Gasteiger partial charge in [0.25, 0.3) is 5.91 Å². The van der Waals surface area contributed by atoms with Crippen LogP contribution in [0.3, 0.4) is 0 Å². The van der Waals surface area contributed by atoms with Gasteiger partial charge < -0.3 is 15.5 Å². The molecule has 6 nitrogen and oxygen atoms in total. The molecule has 2 N–H and O–H groups in total. The molecule has 0 radical (unpaired) electrons. The molecule has 26 heavy (non-hydrogen) atoms. The van der Waals surface area contributed by atoms with Gasteiger partial charge in [-0.1, -0.05) is 6.42 Å². The molecule has 2 aliphatic heterocycles. The summed E-state index contributed by atoms with van der Waals surface area (Å²) in [4.78, 5) is 30.9. The van der Waals surface area contributed by atoms with Crippen molar-refractivity contribution >= 4 is 23.2 Å². The lowest BCUT2D eigenvalue weighted by Gasteiger charge is -2.22. The lowest BCUT2D eigenvalue weighted by molar-refractivity contribution is -0.118. The van der Waals surface area contributed by atoms with E-state index in [2.05, 4.69) is 15.6 Å². The Morgan fingerprint density at radius 3 is 2.92 bits per heavy atom. The van der Waals surface area contributed by atoms with Crippen molar-refractivity contribution in [1.29, 1.82) is 0 Å². The van der Waals surface area contributed by atoms with Crippen molar-refractivity contribution in [3.63, 3.8) is 0 Å². The maximum atomic E-state index is 12.7. The van der Waals surface area contributed by atoms with Crippen molar-refractivity contribution in [2.75, 3.05) is 23.3 Å². The molecule has 0 saturated carbocycles. The molecule has 2 aromatic rings. The second-order valence-corrected chi connectivity index (χ2v) is 6.78. The average Bonchev–Trinajstić information content (AvgIpc) is 3.12. The first kappa shape index (κ1) is 16.7. The molecule has 4 rings (SSSR count). The molecule has 0 bridgehead atoms. The summed E-state index contributed by atoms with van der Waals surface area (Å²) >= 11 is 0. The largest absolute Gasteiger partial charge is 0.325 e. The molecule has 3 heterocycles. The monoisotopic (exact) mass is 350 g/mol. The molecule has 1 aromatic carbocycles. The molecule has 0 aliphatic carbocycles. The molecule has 1 saturated heterocycles. The number of carbonyl (C=O) groups is 2. The number of rotatable bonds is 3. The van der Waals surface area contributed by atoms with Crippen LogP contribution in [0.1, 0.15) is 35.2 Å². The van der Waals surface area contributed by atoms with E-state index in [0.29, 0.717) is 12.1 Å². The van der Waals surface area contributed by atoms with Gasteiger partial charge in [0.1, 0.15) is 0 Å². The number of anilines is 2. The highest BCUT2D eigenvalue weighted by Crippen LogP contribution is 2.31. The van der Waals surface area contributed by atoms with E-state index in [1.807, 2.05) is 18.2 Å². The van der Waals surface area contributed by atoms with Gasteiger partial charge in [0.15, 0.2) is 0 Å². The third-order valence-corrected chi connectivity index (χ3v) is 5.02. The van der Waals surface area contributed by atoms with Gasteiger partial charge in [-0.25, -0.2) is 0 Å². The molecular weight excluding hydrogens is 328 g/mol. The summed E-state index contributed by atoms with van der Waals surface area (Å²) in [7, 11) is 0. The number of amides is 2. The van der Waals surface area contributed by atoms with Crippen LogP contribution < -0.4 is 15.5 Å². The molecule has 1 atom stereocenters. The maximum Gasteiger partial charge on any atom is 0.259 e. The van der Waals surface area contributed by atoms with Gasteiger partial charge in [-0.2, -0.15) is 0 Å². The molecule has 1 aromatic heterocycles. The van der Waals surface area contributed by atoms with Gasteiger partial charge in [0, 0.05) is 30.3 Å². The summed E-state index contributed by atoms with van der Waals surface area (Å²) in [6.45, 7) is 1.54. The third-order valence-electron chi connectivity index (χ3n) is 5.02. The number of piperidine rings is 1. The minimum atomic E-state index is -0.110. The number of benzene rings is 1. The van der Waals surface area contributed by atoms with Crippen LogP contribution in [0.4, 0.5) is 11.4 Å². The smallest absolute Gasteiger partial charge is 0.259 e. The van der Waals surface area contributed by atoms with E-state index in [4.69, 9.17) is 0 Å². The second-order valence-electron chi connectivity index (χ2n) is 6.78. The minimum Gasteiger partial charge on any atom is -0.325 e. The van der Waals surface area contributed by atoms with Gasteiger partial charge >= 0.3 is 0 Å². The number of fused-ring (bicyclic) bond motifs is 1. The summed E-state index contributed by atoms with van der Waals surface area (Å²) in [5, 5.41) is 6.26. The van der Waals surface area contributed by atoms with Crippen molar-refractivity contribution < 1.29 is 9.59 Å². The zero-order valence-electron chi connectivity index (χ0n) is 14.6. The zero-order valence-corrected chi connectivity index (χ0v) is 14.6. The molecule has 2 amide bonds. The number of nitrogens with one attached hydrogen (secondary N) is 2. The lowest BCUT2D eigenvalue weighted by Crippen LogP contribution is -2.43. The Balaban J connectivity index is 1.48. The van der Waals surface area contributed by atoms with Gasteiger partial charge in [0.05, 0.1) is 11.6 Å². The predicted octanol–water partition coefficient (Wildman–Crippen LogP) is 2.37. The normalized spacial score (nSPS) is 19.1. The Morgan fingerprint density at radius 1 is 1.23 bits per heavy atom. The molecule has 6 heteroatoms. The first-order valence-electron chi connectivity index (χ1n) is 9.11. The van der Waals surface area contributed by atoms with E-state index in [9.17, 15) is 9.59 Å². The van der Waals surface area contributed by atoms with Crippen LogP contribution in [0.25, 0.3) is 0 Å². The second kappa shape index (κ2) is 7.25. The summed E-state index contributed by atoms with van der Waals surface area (Å²) in [6, 6.07) is 9.20. The Labute approximate surface area is 152 Å². The Morgan fingerprint density at radius 2 is 2.15 bits per heavy atom. The van der Waals surface area contributed by atoms with E-state index >= 15 is 0 Å². The molecule has 2 aliphatic rings. The Bertz CT molecular complexity index is 816. The summed E-state index contributed by atoms with van der Waals surface area (Å²) < 4.78 is 0. The highest BCUT2D eigenvalue weighted by atomic mass is 16.2. The number of pyridine rings is 1. The van der Waals surface area contributed by atoms with E-state index < -0.39 is 0 Å². The van der Waals surface area contributed by atoms with Gasteiger partial charge in [-0.05, 0) is 61.7 Å². The van der Waals surface area contributed by atoms with Gasteiger partial charge in [-0.15, -0.1) is 0 Å². The van der Waals surface area contributed by atoms with Crippen LogP contribution in [0.2, 0.25) is 0 Å². The fourth-order valence-electron chi connectivity index (χ4n) is 3.64. The van der Waals surface area contributed by atoms with Crippen molar-refractivity contribution in [2.45, 2.75) is 31.7 Å². The van der Waals surface area contributed by atoms with E-state index in [1.54, 1.807) is 29.4 Å². The topological polar surface area (TPSA) is 74.3 Å². The standard InChI is InChI=1S/C20H22N4O2/c25-19(17-5-1-2-10-22-17)23-16-6-7-18-14(12-16)8-11-24(18)20(26)15-4-3-9-21-13-15/h3-4,6-7,9,12-13,17,22H,1-2,5,8,10-11H2,(H,23,25)/t17-/m1/s1. The average molecular weight is 350 g/mol. The van der Waals surface area contributed by atoms with E-state index in [1.165, 1.54) is 0 Å². The molecule has 0 spiro atoms. The van der Waals surface area contributed by atoms with Crippen LogP contribution in [-0.2, 0) is 11.2 Å². The Hall–Kier alpha value is -2.73. The van der Waals surface area contributed by atoms with Crippen LogP contribution in [0.15, 0.2) is 42.7 Å². The van der Waals surface area contributed by atoms with Crippen molar-refractivity contribution in [3.05, 3.63) is 53.9 Å². The van der Waals surface area contributed by atoms with Crippen molar-refractivity contribution in [3.8, 4) is 0 Å². The maximum absolute atomic E-state index is 12.7. The number of nitrogens with zero attached hydrogens (tertiary/aromatic N) is 2. The number of aromatic nitrogens is 1. The fraction of sp³-hybridized carbons (Fsp3) is 0.350. The number of carbonyl (C=O) groups excluding carboxylic acids is 2.